The monoisotopic (exact) mass is 490 g/mol. The average molecular weight is 490 g/mol. The van der Waals surface area contributed by atoms with E-state index in [0.29, 0.717) is 6.42 Å². The Hall–Kier alpha value is -1.55. The lowest BCUT2D eigenvalue weighted by Crippen LogP contribution is -2.47. The number of primary amides is 1. The van der Waals surface area contributed by atoms with Gasteiger partial charge in [-0.1, -0.05) is 12.1 Å². The van der Waals surface area contributed by atoms with Gasteiger partial charge in [-0.05, 0) is 43.4 Å². The largest absolute Gasteiger partial charge is 0.497 e. The fourth-order valence-corrected chi connectivity index (χ4v) is 3.24. The number of nitrogens with one attached hydrogen (secondary N) is 1. The maximum Gasteiger partial charge on any atom is 0.217 e. The number of methoxy groups -OCH3 is 1. The number of aliphatic hydroxyl groups excluding tert-OH is 1. The van der Waals surface area contributed by atoms with E-state index in [-0.39, 0.29) is 42.3 Å². The Balaban J connectivity index is 0.00000364. The molecule has 27 heavy (non-hydrogen) atoms. The van der Waals surface area contributed by atoms with Gasteiger partial charge in [-0.25, -0.2) is 0 Å². The first-order chi connectivity index (χ1) is 12.5. The second-order valence-electron chi connectivity index (χ2n) is 6.61. The highest BCUT2D eigenvalue weighted by Crippen LogP contribution is 2.20. The molecule has 0 saturated carbocycles. The lowest BCUT2D eigenvalue weighted by atomic mass is 9.95. The van der Waals surface area contributed by atoms with Crippen molar-refractivity contribution in [1.29, 1.82) is 0 Å². The highest BCUT2D eigenvalue weighted by Gasteiger charge is 2.23. The third-order valence-electron chi connectivity index (χ3n) is 4.56. The molecule has 7 nitrogen and oxygen atoms in total. The minimum absolute atomic E-state index is 0. The van der Waals surface area contributed by atoms with E-state index in [1.165, 1.54) is 0 Å². The lowest BCUT2D eigenvalue weighted by molar-refractivity contribution is -0.119. The van der Waals surface area contributed by atoms with Crippen LogP contribution in [-0.2, 0) is 4.79 Å². The van der Waals surface area contributed by atoms with E-state index in [1.54, 1.807) is 7.11 Å². The molecule has 4 N–H and O–H groups in total. The molecular formula is C19H31IN4O3. The van der Waals surface area contributed by atoms with Gasteiger partial charge < -0.3 is 25.8 Å². The minimum Gasteiger partial charge on any atom is -0.497 e. The standard InChI is InChI=1S/C19H30N4O3.HI/c1-3-21-19(23-10-4-5-14(13-23)11-18(20)25)22-12-17(24)15-6-8-16(26-2)9-7-15;/h6-9,14,17,24H,3-5,10-13H2,1-2H3,(H2,20,25)(H,21,22);1H. The third kappa shape index (κ3) is 7.53. The Morgan fingerprint density at radius 3 is 2.74 bits per heavy atom. The molecule has 0 bridgehead atoms. The van der Waals surface area contributed by atoms with Crippen LogP contribution in [0.2, 0.25) is 0 Å². The van der Waals surface area contributed by atoms with Crippen LogP contribution in [0.15, 0.2) is 29.3 Å². The van der Waals surface area contributed by atoms with Gasteiger partial charge in [0.1, 0.15) is 5.75 Å². The number of likely N-dealkylation sites (tertiary alicyclic amines) is 1. The van der Waals surface area contributed by atoms with Crippen molar-refractivity contribution in [1.82, 2.24) is 10.2 Å². The summed E-state index contributed by atoms with van der Waals surface area (Å²) < 4.78 is 5.14. The number of hydrogen-bond acceptors (Lipinski definition) is 4. The maximum atomic E-state index is 11.2. The van der Waals surface area contributed by atoms with Crippen LogP contribution in [0, 0.1) is 5.92 Å². The van der Waals surface area contributed by atoms with Gasteiger partial charge >= 0.3 is 0 Å². The number of benzene rings is 1. The normalized spacial score (nSPS) is 18.4. The van der Waals surface area contributed by atoms with Crippen LogP contribution in [-0.4, -0.2) is 55.2 Å². The van der Waals surface area contributed by atoms with Gasteiger partial charge in [-0.2, -0.15) is 0 Å². The number of guanidine groups is 1. The van der Waals surface area contributed by atoms with E-state index in [2.05, 4.69) is 15.2 Å². The molecule has 2 atom stereocenters. The molecule has 0 spiro atoms. The van der Waals surface area contributed by atoms with E-state index in [0.717, 1.165) is 49.7 Å². The van der Waals surface area contributed by atoms with Crippen molar-refractivity contribution in [3.8, 4) is 5.75 Å². The number of halogens is 1. The summed E-state index contributed by atoms with van der Waals surface area (Å²) in [7, 11) is 1.61. The molecule has 1 fully saturated rings. The average Bonchev–Trinajstić information content (AvgIpc) is 2.64. The molecule has 1 saturated heterocycles. The van der Waals surface area contributed by atoms with Crippen LogP contribution in [0.25, 0.3) is 0 Å². The molecule has 0 radical (unpaired) electrons. The van der Waals surface area contributed by atoms with Gasteiger partial charge in [0.15, 0.2) is 5.96 Å². The summed E-state index contributed by atoms with van der Waals surface area (Å²) in [5.74, 6) is 1.53. The van der Waals surface area contributed by atoms with E-state index >= 15 is 0 Å². The summed E-state index contributed by atoms with van der Waals surface area (Å²) in [6.45, 7) is 4.67. The first-order valence-corrected chi connectivity index (χ1v) is 9.17. The molecule has 1 aliphatic rings. The predicted octanol–water partition coefficient (Wildman–Crippen LogP) is 1.90. The van der Waals surface area contributed by atoms with Crippen LogP contribution in [0.1, 0.15) is 37.9 Å². The molecule has 1 aliphatic heterocycles. The molecule has 0 aromatic heterocycles. The number of aliphatic imine (C=N–C) groups is 1. The topological polar surface area (TPSA) is 100 Å². The van der Waals surface area contributed by atoms with E-state index in [9.17, 15) is 9.90 Å². The second kappa shape index (κ2) is 12.0. The van der Waals surface area contributed by atoms with Crippen molar-refractivity contribution in [3.05, 3.63) is 29.8 Å². The highest BCUT2D eigenvalue weighted by molar-refractivity contribution is 14.0. The van der Waals surface area contributed by atoms with Crippen LogP contribution < -0.4 is 15.8 Å². The van der Waals surface area contributed by atoms with Crippen molar-refractivity contribution in [2.75, 3.05) is 33.3 Å². The summed E-state index contributed by atoms with van der Waals surface area (Å²) in [4.78, 5) is 18.0. The number of aliphatic hydroxyl groups is 1. The Morgan fingerprint density at radius 2 is 2.15 bits per heavy atom. The number of nitrogens with two attached hydrogens (primary N) is 1. The quantitative estimate of drug-likeness (QED) is 0.308. The van der Waals surface area contributed by atoms with Crippen molar-refractivity contribution < 1.29 is 14.6 Å². The molecule has 8 heteroatoms. The van der Waals surface area contributed by atoms with E-state index in [4.69, 9.17) is 10.5 Å². The third-order valence-corrected chi connectivity index (χ3v) is 4.56. The molecule has 1 heterocycles. The molecule has 2 rings (SSSR count). The van der Waals surface area contributed by atoms with Gasteiger partial charge in [0.05, 0.1) is 19.8 Å². The van der Waals surface area contributed by atoms with Crippen molar-refractivity contribution in [2.45, 2.75) is 32.3 Å². The van der Waals surface area contributed by atoms with Gasteiger partial charge in [-0.15, -0.1) is 24.0 Å². The summed E-state index contributed by atoms with van der Waals surface area (Å²) in [5, 5.41) is 13.7. The van der Waals surface area contributed by atoms with Crippen LogP contribution in [0.4, 0.5) is 0 Å². The fraction of sp³-hybridized carbons (Fsp3) is 0.579. The smallest absolute Gasteiger partial charge is 0.217 e. The molecule has 152 valence electrons. The highest BCUT2D eigenvalue weighted by atomic mass is 127. The molecule has 2 unspecified atom stereocenters. The fourth-order valence-electron chi connectivity index (χ4n) is 3.24. The van der Waals surface area contributed by atoms with Crippen molar-refractivity contribution in [2.24, 2.45) is 16.6 Å². The van der Waals surface area contributed by atoms with Crippen molar-refractivity contribution >= 4 is 35.8 Å². The Kier molecular flexibility index (Phi) is 10.5. The number of hydrogen-bond donors (Lipinski definition) is 3. The summed E-state index contributed by atoms with van der Waals surface area (Å²) >= 11 is 0. The first kappa shape index (κ1) is 23.5. The van der Waals surface area contributed by atoms with Crippen LogP contribution in [0.5, 0.6) is 5.75 Å². The summed E-state index contributed by atoms with van der Waals surface area (Å²) in [6, 6.07) is 7.34. The predicted molar refractivity (Wildman–Crippen MR) is 117 cm³/mol. The maximum absolute atomic E-state index is 11.2. The van der Waals surface area contributed by atoms with E-state index < -0.39 is 6.10 Å². The van der Waals surface area contributed by atoms with Crippen LogP contribution in [0.3, 0.4) is 0 Å². The lowest BCUT2D eigenvalue weighted by Gasteiger charge is -2.34. The number of rotatable bonds is 7. The zero-order valence-corrected chi connectivity index (χ0v) is 18.4. The molecule has 1 aromatic carbocycles. The molecule has 1 amide bonds. The molecule has 1 aromatic rings. The second-order valence-corrected chi connectivity index (χ2v) is 6.61. The Bertz CT molecular complexity index is 609. The number of ether oxygens (including phenoxy) is 1. The summed E-state index contributed by atoms with van der Waals surface area (Å²) in [6.07, 6.45) is 1.74. The first-order valence-electron chi connectivity index (χ1n) is 9.17. The zero-order chi connectivity index (χ0) is 18.9. The van der Waals surface area contributed by atoms with Gasteiger partial charge in [0.2, 0.25) is 5.91 Å². The van der Waals surface area contributed by atoms with Gasteiger partial charge in [0, 0.05) is 26.1 Å². The number of piperidine rings is 1. The number of carbonyl (C=O) groups is 1. The van der Waals surface area contributed by atoms with Crippen molar-refractivity contribution in [3.63, 3.8) is 0 Å². The van der Waals surface area contributed by atoms with Gasteiger partial charge in [0.25, 0.3) is 0 Å². The number of carbonyl (C=O) groups excluding carboxylic acids is 1. The zero-order valence-electron chi connectivity index (χ0n) is 16.1. The van der Waals surface area contributed by atoms with Gasteiger partial charge in [-0.3, -0.25) is 9.79 Å². The minimum atomic E-state index is -0.680. The Morgan fingerprint density at radius 1 is 1.44 bits per heavy atom. The number of nitrogens with zero attached hydrogens (tertiary/aromatic N) is 2. The SMILES string of the molecule is CCNC(=NCC(O)c1ccc(OC)cc1)N1CCCC(CC(N)=O)C1.I. The number of amides is 1. The Labute approximate surface area is 178 Å². The molecule has 0 aliphatic carbocycles. The molecular weight excluding hydrogens is 459 g/mol. The van der Waals surface area contributed by atoms with E-state index in [1.807, 2.05) is 31.2 Å². The summed E-state index contributed by atoms with van der Waals surface area (Å²) in [5.41, 5.74) is 6.14. The van der Waals surface area contributed by atoms with Crippen LogP contribution >= 0.6 is 24.0 Å².